The van der Waals surface area contributed by atoms with Crippen LogP contribution in [0.2, 0.25) is 0 Å². The first-order valence-corrected chi connectivity index (χ1v) is 11.1. The van der Waals surface area contributed by atoms with Gasteiger partial charge in [-0.2, -0.15) is 0 Å². The molecule has 1 amide bonds. The van der Waals surface area contributed by atoms with Gasteiger partial charge in [0.2, 0.25) is 5.91 Å². The van der Waals surface area contributed by atoms with Crippen LogP contribution in [-0.2, 0) is 14.9 Å². The Morgan fingerprint density at radius 1 is 1.06 bits per heavy atom. The average molecular weight is 426 g/mol. The molecule has 5 nitrogen and oxygen atoms in total. The number of benzene rings is 2. The van der Waals surface area contributed by atoms with Crippen LogP contribution in [0, 0.1) is 0 Å². The Labute approximate surface area is 186 Å². The van der Waals surface area contributed by atoms with E-state index in [4.69, 9.17) is 14.2 Å². The number of carbonyl (C=O) groups is 1. The van der Waals surface area contributed by atoms with Crippen molar-refractivity contribution in [3.05, 3.63) is 54.1 Å². The molecule has 1 saturated heterocycles. The smallest absolute Gasteiger partial charge is 0.226 e. The first kappa shape index (κ1) is 23.1. The number of hydrogen-bond acceptors (Lipinski definition) is 4. The van der Waals surface area contributed by atoms with Gasteiger partial charge in [-0.05, 0) is 50.8 Å². The highest BCUT2D eigenvalue weighted by atomic mass is 16.5. The first-order valence-electron chi connectivity index (χ1n) is 11.1. The van der Waals surface area contributed by atoms with Gasteiger partial charge in [0.05, 0.1) is 19.8 Å². The third-order valence-electron chi connectivity index (χ3n) is 6.32. The molecule has 0 aliphatic carbocycles. The quantitative estimate of drug-likeness (QED) is 0.571. The second kappa shape index (κ2) is 9.73. The van der Waals surface area contributed by atoms with Crippen LogP contribution in [0.3, 0.4) is 0 Å². The summed E-state index contributed by atoms with van der Waals surface area (Å²) in [7, 11) is 3.23. The monoisotopic (exact) mass is 425 g/mol. The van der Waals surface area contributed by atoms with E-state index in [1.807, 2.05) is 30.0 Å². The summed E-state index contributed by atoms with van der Waals surface area (Å²) in [5.74, 6) is 1.38. The van der Waals surface area contributed by atoms with Gasteiger partial charge in [0.15, 0.2) is 11.5 Å². The van der Waals surface area contributed by atoms with Gasteiger partial charge < -0.3 is 19.1 Å². The van der Waals surface area contributed by atoms with Gasteiger partial charge in [-0.1, -0.05) is 37.3 Å². The normalized spacial score (nSPS) is 20.2. The lowest BCUT2D eigenvalue weighted by molar-refractivity contribution is -0.118. The Bertz CT molecular complexity index is 880. The predicted octanol–water partition coefficient (Wildman–Crippen LogP) is 5.36. The molecule has 1 aliphatic heterocycles. The predicted molar refractivity (Wildman–Crippen MR) is 124 cm³/mol. The largest absolute Gasteiger partial charge is 0.493 e. The SMILES string of the molecule is CCC(=O)N(CC[C@@]1(c2ccccc2)CCOC(C)(C)C1)c1ccc(OC)c(OC)c1. The molecule has 2 aromatic carbocycles. The summed E-state index contributed by atoms with van der Waals surface area (Å²) in [6.07, 6.45) is 3.18. The van der Waals surface area contributed by atoms with Gasteiger partial charge in [-0.3, -0.25) is 4.79 Å². The maximum Gasteiger partial charge on any atom is 0.226 e. The number of amides is 1. The second-order valence-electron chi connectivity index (χ2n) is 8.87. The fourth-order valence-electron chi connectivity index (χ4n) is 4.78. The van der Waals surface area contributed by atoms with E-state index in [0.29, 0.717) is 24.5 Å². The van der Waals surface area contributed by atoms with Gasteiger partial charge in [0.1, 0.15) is 0 Å². The summed E-state index contributed by atoms with van der Waals surface area (Å²) in [5.41, 5.74) is 1.92. The van der Waals surface area contributed by atoms with Crippen molar-refractivity contribution in [3.8, 4) is 11.5 Å². The number of rotatable bonds is 8. The molecular formula is C26H35NO4. The molecule has 1 atom stereocenters. The highest BCUT2D eigenvalue weighted by Gasteiger charge is 2.42. The van der Waals surface area contributed by atoms with Crippen LogP contribution in [0.15, 0.2) is 48.5 Å². The van der Waals surface area contributed by atoms with E-state index in [2.05, 4.69) is 44.2 Å². The molecule has 0 saturated carbocycles. The highest BCUT2D eigenvalue weighted by Crippen LogP contribution is 2.44. The van der Waals surface area contributed by atoms with Crippen LogP contribution in [0.4, 0.5) is 5.69 Å². The number of carbonyl (C=O) groups excluding carboxylic acids is 1. The van der Waals surface area contributed by atoms with Crippen molar-refractivity contribution < 1.29 is 19.0 Å². The minimum Gasteiger partial charge on any atom is -0.493 e. The van der Waals surface area contributed by atoms with Crippen molar-refractivity contribution in [2.45, 2.75) is 57.5 Å². The Morgan fingerprint density at radius 2 is 1.77 bits per heavy atom. The molecule has 1 aliphatic rings. The maximum absolute atomic E-state index is 12.9. The Kier molecular flexibility index (Phi) is 7.26. The zero-order chi connectivity index (χ0) is 22.5. The lowest BCUT2D eigenvalue weighted by Crippen LogP contribution is -2.46. The lowest BCUT2D eigenvalue weighted by atomic mass is 9.67. The molecule has 31 heavy (non-hydrogen) atoms. The molecule has 0 bridgehead atoms. The summed E-state index contributed by atoms with van der Waals surface area (Å²) in [6, 6.07) is 16.3. The fraction of sp³-hybridized carbons (Fsp3) is 0.500. The average Bonchev–Trinajstić information content (AvgIpc) is 2.78. The third kappa shape index (κ3) is 5.21. The Balaban J connectivity index is 1.92. The Morgan fingerprint density at radius 3 is 2.39 bits per heavy atom. The van der Waals surface area contributed by atoms with Gasteiger partial charge in [0, 0.05) is 36.7 Å². The summed E-state index contributed by atoms with van der Waals surface area (Å²) >= 11 is 0. The van der Waals surface area contributed by atoms with Gasteiger partial charge in [0.25, 0.3) is 0 Å². The molecule has 5 heteroatoms. The van der Waals surface area contributed by atoms with E-state index in [1.54, 1.807) is 14.2 Å². The molecule has 0 radical (unpaired) electrons. The molecule has 1 fully saturated rings. The molecule has 0 aromatic heterocycles. The fourth-order valence-corrected chi connectivity index (χ4v) is 4.78. The zero-order valence-corrected chi connectivity index (χ0v) is 19.4. The summed E-state index contributed by atoms with van der Waals surface area (Å²) in [6.45, 7) is 7.58. The molecule has 168 valence electrons. The van der Waals surface area contributed by atoms with E-state index in [9.17, 15) is 4.79 Å². The van der Waals surface area contributed by atoms with Crippen molar-refractivity contribution in [1.82, 2.24) is 0 Å². The molecular weight excluding hydrogens is 390 g/mol. The number of hydrogen-bond donors (Lipinski definition) is 0. The van der Waals surface area contributed by atoms with Crippen molar-refractivity contribution in [2.75, 3.05) is 32.3 Å². The zero-order valence-electron chi connectivity index (χ0n) is 19.4. The van der Waals surface area contributed by atoms with Gasteiger partial charge >= 0.3 is 0 Å². The van der Waals surface area contributed by atoms with E-state index in [-0.39, 0.29) is 16.9 Å². The third-order valence-corrected chi connectivity index (χ3v) is 6.32. The van der Waals surface area contributed by atoms with E-state index >= 15 is 0 Å². The van der Waals surface area contributed by atoms with Crippen LogP contribution in [0.25, 0.3) is 0 Å². The summed E-state index contributed by atoms with van der Waals surface area (Å²) in [4.78, 5) is 14.8. The van der Waals surface area contributed by atoms with Crippen LogP contribution in [0.5, 0.6) is 11.5 Å². The summed E-state index contributed by atoms with van der Waals surface area (Å²) in [5, 5.41) is 0. The van der Waals surface area contributed by atoms with Gasteiger partial charge in [-0.25, -0.2) is 0 Å². The molecule has 2 aromatic rings. The number of nitrogens with zero attached hydrogens (tertiary/aromatic N) is 1. The number of ether oxygens (including phenoxy) is 3. The molecule has 1 heterocycles. The van der Waals surface area contributed by atoms with Crippen molar-refractivity contribution >= 4 is 11.6 Å². The Hall–Kier alpha value is -2.53. The lowest BCUT2D eigenvalue weighted by Gasteiger charge is -2.46. The van der Waals surface area contributed by atoms with E-state index in [1.165, 1.54) is 5.56 Å². The summed E-state index contributed by atoms with van der Waals surface area (Å²) < 4.78 is 16.9. The topological polar surface area (TPSA) is 48.0 Å². The van der Waals surface area contributed by atoms with E-state index < -0.39 is 0 Å². The van der Waals surface area contributed by atoms with Crippen molar-refractivity contribution in [1.29, 1.82) is 0 Å². The van der Waals surface area contributed by atoms with Crippen LogP contribution in [-0.4, -0.2) is 38.9 Å². The van der Waals surface area contributed by atoms with Crippen LogP contribution < -0.4 is 14.4 Å². The molecule has 3 rings (SSSR count). The minimum atomic E-state index is -0.197. The highest BCUT2D eigenvalue weighted by molar-refractivity contribution is 5.93. The van der Waals surface area contributed by atoms with Crippen LogP contribution in [0.1, 0.15) is 52.0 Å². The van der Waals surface area contributed by atoms with Crippen molar-refractivity contribution in [2.24, 2.45) is 0 Å². The molecule has 0 unspecified atom stereocenters. The van der Waals surface area contributed by atoms with Gasteiger partial charge in [-0.15, -0.1) is 0 Å². The van der Waals surface area contributed by atoms with Crippen molar-refractivity contribution in [3.63, 3.8) is 0 Å². The molecule has 0 N–H and O–H groups in total. The van der Waals surface area contributed by atoms with E-state index in [0.717, 1.165) is 31.6 Å². The number of methoxy groups -OCH3 is 2. The molecule has 0 spiro atoms. The number of anilines is 1. The first-order chi connectivity index (χ1) is 14.8. The van der Waals surface area contributed by atoms with Crippen LogP contribution >= 0.6 is 0 Å². The maximum atomic E-state index is 12.9. The standard InChI is InChI=1S/C26H35NO4/c1-6-24(28)27(21-12-13-22(29-4)23(18-21)30-5)16-14-26(20-10-8-7-9-11-20)15-17-31-25(2,3)19-26/h7-13,18H,6,14-17,19H2,1-5H3/t26-/m1/s1. The second-order valence-corrected chi connectivity index (χ2v) is 8.87. The minimum absolute atomic E-state index is 0.0359.